The van der Waals surface area contributed by atoms with E-state index in [0.29, 0.717) is 6.61 Å². The molecule has 0 aliphatic carbocycles. The van der Waals surface area contributed by atoms with Crippen molar-refractivity contribution in [2.75, 3.05) is 0 Å². The zero-order chi connectivity index (χ0) is 11.0. The number of ether oxygens (including phenoxy) is 1. The van der Waals surface area contributed by atoms with Crippen LogP contribution in [-0.2, 0) is 11.3 Å². The fourth-order valence-electron chi connectivity index (χ4n) is 1.71. The van der Waals surface area contributed by atoms with Gasteiger partial charge in [-0.25, -0.2) is 4.98 Å². The lowest BCUT2D eigenvalue weighted by atomic mass is 10.2. The van der Waals surface area contributed by atoms with Gasteiger partial charge in [-0.1, -0.05) is 30.0 Å². The van der Waals surface area contributed by atoms with Crippen molar-refractivity contribution in [2.45, 2.75) is 18.6 Å². The first-order chi connectivity index (χ1) is 7.83. The van der Waals surface area contributed by atoms with E-state index in [1.807, 2.05) is 30.5 Å². The van der Waals surface area contributed by atoms with Gasteiger partial charge in [0.05, 0.1) is 5.52 Å². The van der Waals surface area contributed by atoms with Gasteiger partial charge in [0, 0.05) is 16.4 Å². The minimum Gasteiger partial charge on any atom is -0.493 e. The van der Waals surface area contributed by atoms with Gasteiger partial charge in [-0.15, -0.1) is 0 Å². The van der Waals surface area contributed by atoms with Crippen molar-refractivity contribution in [3.05, 3.63) is 47.1 Å². The molecule has 0 saturated heterocycles. The van der Waals surface area contributed by atoms with Gasteiger partial charge in [-0.3, -0.25) is 0 Å². The Morgan fingerprint density at radius 3 is 3.12 bits per heavy atom. The van der Waals surface area contributed by atoms with E-state index in [-0.39, 0.29) is 0 Å². The van der Waals surface area contributed by atoms with Gasteiger partial charge >= 0.3 is 0 Å². The molecule has 0 amide bonds. The molecule has 3 heteroatoms. The Balaban J connectivity index is 2.17. The van der Waals surface area contributed by atoms with Crippen LogP contribution in [-0.4, -0.2) is 4.98 Å². The quantitative estimate of drug-likeness (QED) is 0.687. The zero-order valence-corrected chi connectivity index (χ0v) is 9.75. The van der Waals surface area contributed by atoms with E-state index in [1.54, 1.807) is 11.8 Å². The molecule has 0 atom stereocenters. The molecule has 2 aromatic rings. The molecule has 0 N–H and O–H groups in total. The van der Waals surface area contributed by atoms with Crippen LogP contribution in [0.4, 0.5) is 0 Å². The average Bonchev–Trinajstić information content (AvgIpc) is 2.49. The van der Waals surface area contributed by atoms with Gasteiger partial charge in [0.1, 0.15) is 17.4 Å². The number of thioether (sulfide) groups is 1. The van der Waals surface area contributed by atoms with Crippen LogP contribution in [0.5, 0.6) is 0 Å². The van der Waals surface area contributed by atoms with Crippen molar-refractivity contribution in [1.82, 2.24) is 4.98 Å². The Kier molecular flexibility index (Phi) is 2.33. The number of benzene rings is 1. The summed E-state index contributed by atoms with van der Waals surface area (Å²) in [4.78, 5) is 4.65. The molecule has 0 saturated carbocycles. The Hall–Kier alpha value is -1.48. The lowest BCUT2D eigenvalue weighted by Crippen LogP contribution is -1.93. The van der Waals surface area contributed by atoms with E-state index in [2.05, 4.69) is 17.1 Å². The van der Waals surface area contributed by atoms with Crippen LogP contribution in [0, 0.1) is 0 Å². The third-order valence-corrected chi connectivity index (χ3v) is 3.58. The topological polar surface area (TPSA) is 22.1 Å². The van der Waals surface area contributed by atoms with Crippen LogP contribution in [0.15, 0.2) is 46.5 Å². The molecule has 0 spiro atoms. The molecular weight excluding hydrogens is 218 g/mol. The molecule has 0 bridgehead atoms. The largest absolute Gasteiger partial charge is 0.493 e. The van der Waals surface area contributed by atoms with E-state index in [1.165, 1.54) is 5.39 Å². The Morgan fingerprint density at radius 1 is 1.31 bits per heavy atom. The fraction of sp³-hybridized carbons (Fsp3) is 0.154. The molecule has 0 fully saturated rings. The summed E-state index contributed by atoms with van der Waals surface area (Å²) in [6, 6.07) is 10.3. The fourth-order valence-corrected chi connectivity index (χ4v) is 2.48. The number of para-hydroxylation sites is 1. The Morgan fingerprint density at radius 2 is 2.19 bits per heavy atom. The van der Waals surface area contributed by atoms with Crippen molar-refractivity contribution >= 4 is 22.7 Å². The summed E-state index contributed by atoms with van der Waals surface area (Å²) in [7, 11) is 0. The molecule has 2 nitrogen and oxygen atoms in total. The lowest BCUT2D eigenvalue weighted by Gasteiger charge is -2.06. The summed E-state index contributed by atoms with van der Waals surface area (Å²) in [5.74, 6) is 0.951. The van der Waals surface area contributed by atoms with Crippen molar-refractivity contribution in [3.63, 3.8) is 0 Å². The monoisotopic (exact) mass is 229 g/mol. The minimum absolute atomic E-state index is 0.614. The van der Waals surface area contributed by atoms with Gasteiger partial charge < -0.3 is 4.74 Å². The van der Waals surface area contributed by atoms with Gasteiger partial charge in [-0.05, 0) is 19.1 Å². The number of hydrogen-bond acceptors (Lipinski definition) is 3. The van der Waals surface area contributed by atoms with Gasteiger partial charge in [0.25, 0.3) is 0 Å². The lowest BCUT2D eigenvalue weighted by molar-refractivity contribution is 0.200. The molecule has 16 heavy (non-hydrogen) atoms. The van der Waals surface area contributed by atoms with Gasteiger partial charge in [0.15, 0.2) is 0 Å². The molecule has 80 valence electrons. The molecule has 0 radical (unpaired) electrons. The Labute approximate surface area is 98.3 Å². The normalized spacial score (nSPS) is 14.9. The summed E-state index contributed by atoms with van der Waals surface area (Å²) in [5, 5.41) is 4.23. The van der Waals surface area contributed by atoms with E-state index in [9.17, 15) is 0 Å². The molecule has 1 aromatic carbocycles. The van der Waals surface area contributed by atoms with Crippen LogP contribution in [0.3, 0.4) is 0 Å². The molecule has 1 aliphatic rings. The SMILES string of the molecule is CC1=CSc2nc3ccccc3cc2CO1. The van der Waals surface area contributed by atoms with E-state index >= 15 is 0 Å². The minimum atomic E-state index is 0.614. The van der Waals surface area contributed by atoms with Gasteiger partial charge in [0.2, 0.25) is 0 Å². The van der Waals surface area contributed by atoms with Crippen molar-refractivity contribution in [3.8, 4) is 0 Å². The Bertz CT molecular complexity index is 577. The third-order valence-electron chi connectivity index (χ3n) is 2.56. The van der Waals surface area contributed by atoms with Crippen molar-refractivity contribution < 1.29 is 4.74 Å². The summed E-state index contributed by atoms with van der Waals surface area (Å²) in [5.41, 5.74) is 2.21. The van der Waals surface area contributed by atoms with Gasteiger partial charge in [-0.2, -0.15) is 0 Å². The molecule has 1 aliphatic heterocycles. The molecule has 2 heterocycles. The number of aromatic nitrogens is 1. The second-order valence-electron chi connectivity index (χ2n) is 3.78. The first kappa shape index (κ1) is 9.73. The number of rotatable bonds is 0. The van der Waals surface area contributed by atoms with Crippen LogP contribution in [0.25, 0.3) is 10.9 Å². The smallest absolute Gasteiger partial charge is 0.115 e. The first-order valence-corrected chi connectivity index (χ1v) is 6.06. The van der Waals surface area contributed by atoms with Crippen LogP contribution >= 0.6 is 11.8 Å². The highest BCUT2D eigenvalue weighted by molar-refractivity contribution is 8.02. The second-order valence-corrected chi connectivity index (χ2v) is 4.64. The number of fused-ring (bicyclic) bond motifs is 2. The third kappa shape index (κ3) is 1.67. The standard InChI is InChI=1S/C13H11NOS/c1-9-8-16-13-11(7-15-9)6-10-4-2-3-5-12(10)14-13/h2-6,8H,7H2,1H3. The average molecular weight is 229 g/mol. The van der Waals surface area contributed by atoms with E-state index < -0.39 is 0 Å². The number of hydrogen-bond donors (Lipinski definition) is 0. The molecule has 1 aromatic heterocycles. The summed E-state index contributed by atoms with van der Waals surface area (Å²) >= 11 is 1.63. The van der Waals surface area contributed by atoms with Crippen molar-refractivity contribution in [2.24, 2.45) is 0 Å². The molecular formula is C13H11NOS. The molecule has 0 unspecified atom stereocenters. The van der Waals surface area contributed by atoms with E-state index in [4.69, 9.17) is 4.74 Å². The number of pyridine rings is 1. The summed E-state index contributed by atoms with van der Waals surface area (Å²) < 4.78 is 5.58. The second kappa shape index (κ2) is 3.83. The summed E-state index contributed by atoms with van der Waals surface area (Å²) in [6.45, 7) is 2.58. The first-order valence-electron chi connectivity index (χ1n) is 5.18. The van der Waals surface area contributed by atoms with Crippen LogP contribution < -0.4 is 0 Å². The van der Waals surface area contributed by atoms with Crippen LogP contribution in [0.1, 0.15) is 12.5 Å². The predicted molar refractivity (Wildman–Crippen MR) is 66.1 cm³/mol. The van der Waals surface area contributed by atoms with E-state index in [0.717, 1.165) is 21.9 Å². The highest BCUT2D eigenvalue weighted by Crippen LogP contribution is 2.30. The van der Waals surface area contributed by atoms with Crippen molar-refractivity contribution in [1.29, 1.82) is 0 Å². The highest BCUT2D eigenvalue weighted by Gasteiger charge is 2.10. The molecule has 3 rings (SSSR count). The maximum absolute atomic E-state index is 5.58. The zero-order valence-electron chi connectivity index (χ0n) is 8.93. The maximum Gasteiger partial charge on any atom is 0.115 e. The number of allylic oxidation sites excluding steroid dienone is 1. The number of nitrogens with zero attached hydrogens (tertiary/aromatic N) is 1. The maximum atomic E-state index is 5.58. The highest BCUT2D eigenvalue weighted by atomic mass is 32.2. The predicted octanol–water partition coefficient (Wildman–Crippen LogP) is 3.72. The summed E-state index contributed by atoms with van der Waals surface area (Å²) in [6.07, 6.45) is 0. The van der Waals surface area contributed by atoms with Crippen LogP contribution in [0.2, 0.25) is 0 Å².